The van der Waals surface area contributed by atoms with Crippen LogP contribution < -0.4 is 0 Å². The van der Waals surface area contributed by atoms with Crippen LogP contribution >= 0.6 is 0 Å². The molecule has 0 saturated carbocycles. The van der Waals surface area contributed by atoms with Crippen molar-refractivity contribution in [1.82, 2.24) is 0 Å². The molecule has 0 aromatic carbocycles. The van der Waals surface area contributed by atoms with Crippen molar-refractivity contribution < 1.29 is 14.3 Å². The zero-order chi connectivity index (χ0) is 11.0. The van der Waals surface area contributed by atoms with Crippen molar-refractivity contribution in [3.05, 3.63) is 0 Å². The maximum absolute atomic E-state index is 11.7. The van der Waals surface area contributed by atoms with E-state index in [4.69, 9.17) is 9.47 Å². The van der Waals surface area contributed by atoms with Crippen LogP contribution in [0, 0.1) is 0 Å². The number of methoxy groups -OCH3 is 2. The predicted molar refractivity (Wildman–Crippen MR) is 59.5 cm³/mol. The van der Waals surface area contributed by atoms with Gasteiger partial charge in [0.2, 0.25) is 0 Å². The fourth-order valence-electron chi connectivity index (χ4n) is 1.56. The number of rotatable bonds is 8. The van der Waals surface area contributed by atoms with Crippen molar-refractivity contribution in [3.8, 4) is 0 Å². The van der Waals surface area contributed by atoms with Gasteiger partial charge in [-0.2, -0.15) is 0 Å². The number of hydrogen-bond donors (Lipinski definition) is 0. The zero-order valence-corrected chi connectivity index (χ0v) is 15.4. The first kappa shape index (κ1) is 14.5. The van der Waals surface area contributed by atoms with Crippen molar-refractivity contribution in [2.24, 2.45) is 0 Å². The molecule has 0 aromatic heterocycles. The Morgan fingerprint density at radius 3 is 2.36 bits per heavy atom. The predicted octanol–water partition coefficient (Wildman–Crippen LogP) is 0.827. The van der Waals surface area contributed by atoms with Gasteiger partial charge < -0.3 is 0 Å². The molecule has 0 amide bonds. The maximum atomic E-state index is 11.7. The number of hydrogen-bond acceptors (Lipinski definition) is 3. The summed E-state index contributed by atoms with van der Waals surface area (Å²) < 4.78 is 11.6. The van der Waals surface area contributed by atoms with E-state index in [1.54, 1.807) is 14.2 Å². The van der Waals surface area contributed by atoms with Crippen LogP contribution in [0.4, 0.5) is 0 Å². The van der Waals surface area contributed by atoms with Crippen LogP contribution in [0.2, 0.25) is 4.18 Å². The van der Waals surface area contributed by atoms with Gasteiger partial charge in [0, 0.05) is 0 Å². The number of carbonyl (C=O) groups excluding carboxylic acids is 1. The van der Waals surface area contributed by atoms with Gasteiger partial charge >= 0.3 is 101 Å². The van der Waals surface area contributed by atoms with E-state index in [0.29, 0.717) is 30.8 Å². The normalized spacial score (nSPS) is 15.1. The van der Waals surface area contributed by atoms with E-state index in [1.807, 2.05) is 0 Å². The molecule has 0 aliphatic rings. The van der Waals surface area contributed by atoms with E-state index in [0.717, 1.165) is 17.0 Å². The Balaban J connectivity index is 4.26. The molecule has 2 atom stereocenters. The number of ketones is 1. The molecule has 14 heavy (non-hydrogen) atoms. The molecule has 82 valence electrons. The van der Waals surface area contributed by atoms with Crippen LogP contribution in [0.3, 0.4) is 0 Å². The summed E-state index contributed by atoms with van der Waals surface area (Å²) in [4.78, 5) is 11.7. The molecule has 0 radical (unpaired) electrons. The first-order valence-electron chi connectivity index (χ1n) is 5.29. The average Bonchev–Trinajstić information content (AvgIpc) is 2.18. The van der Waals surface area contributed by atoms with Gasteiger partial charge in [-0.15, -0.1) is 0 Å². The van der Waals surface area contributed by atoms with E-state index in [1.165, 1.54) is 0 Å². The Labute approximate surface area is 101 Å². The third kappa shape index (κ3) is 4.80. The summed E-state index contributed by atoms with van der Waals surface area (Å²) in [6.45, 7) is 2.08. The van der Waals surface area contributed by atoms with E-state index < -0.39 is 0 Å². The average molecular weight is 304 g/mol. The molecule has 0 rings (SSSR count). The summed E-state index contributed by atoms with van der Waals surface area (Å²) in [6, 6.07) is 0. The molecule has 0 heterocycles. The van der Waals surface area contributed by atoms with E-state index in [9.17, 15) is 4.79 Å². The van der Waals surface area contributed by atoms with Crippen LogP contribution in [0.5, 0.6) is 0 Å². The molecule has 0 bridgehead atoms. The van der Waals surface area contributed by atoms with Crippen LogP contribution in [0.15, 0.2) is 0 Å². The van der Waals surface area contributed by atoms with Crippen molar-refractivity contribution in [2.75, 3.05) is 14.2 Å². The molecule has 4 heteroatoms. The molecule has 0 aliphatic carbocycles. The minimum absolute atomic E-state index is 0.0701. The van der Waals surface area contributed by atoms with Crippen LogP contribution in [0.25, 0.3) is 0 Å². The third-order valence-corrected chi connectivity index (χ3v) is 3.71. The molecule has 0 saturated heterocycles. The Kier molecular flexibility index (Phi) is 9.03. The quantitative estimate of drug-likeness (QED) is 0.666. The van der Waals surface area contributed by atoms with Gasteiger partial charge in [0.25, 0.3) is 0 Å². The summed E-state index contributed by atoms with van der Waals surface area (Å²) in [6.07, 6.45) is 2.13. The molecule has 0 fully saturated rings. The summed E-state index contributed by atoms with van der Waals surface area (Å²) >= 11 is 0.595. The minimum atomic E-state index is -0.355. The molecule has 0 aliphatic heterocycles. The topological polar surface area (TPSA) is 35.5 Å². The van der Waals surface area contributed by atoms with E-state index >= 15 is 0 Å². The number of Topliss-reactive ketones (excluding diaryl/α,β-unsaturated/α-hetero) is 1. The van der Waals surface area contributed by atoms with E-state index in [2.05, 4.69) is 6.92 Å². The Morgan fingerprint density at radius 2 is 2.00 bits per heavy atom. The van der Waals surface area contributed by atoms with Gasteiger partial charge in [0.1, 0.15) is 0 Å². The fourth-order valence-corrected chi connectivity index (χ4v) is 2.96. The molecule has 3 nitrogen and oxygen atoms in total. The Hall–Kier alpha value is 0.460. The van der Waals surface area contributed by atoms with Gasteiger partial charge in [-0.25, -0.2) is 0 Å². The molecule has 0 N–H and O–H groups in total. The van der Waals surface area contributed by atoms with Gasteiger partial charge in [-0.1, -0.05) is 0 Å². The molecule has 0 aromatic rings. The first-order valence-corrected chi connectivity index (χ1v) is 9.33. The SMILES string of the molecule is CCCC(OC)C(OC)C(=O)C[CH2][InH2]. The second-order valence-corrected chi connectivity index (χ2v) is 6.29. The first-order chi connectivity index (χ1) is 6.71. The summed E-state index contributed by atoms with van der Waals surface area (Å²) in [5.74, 6) is 0.201. The second kappa shape index (κ2) is 8.74. The Morgan fingerprint density at radius 1 is 1.36 bits per heavy atom. The van der Waals surface area contributed by atoms with Crippen molar-refractivity contribution in [1.29, 1.82) is 0 Å². The third-order valence-electron chi connectivity index (χ3n) is 2.28. The van der Waals surface area contributed by atoms with Crippen molar-refractivity contribution >= 4 is 30.2 Å². The van der Waals surface area contributed by atoms with E-state index in [-0.39, 0.29) is 18.0 Å². The summed E-state index contributed by atoms with van der Waals surface area (Å²) in [7, 11) is 3.23. The van der Waals surface area contributed by atoms with Crippen molar-refractivity contribution in [3.63, 3.8) is 0 Å². The van der Waals surface area contributed by atoms with Crippen LogP contribution in [-0.2, 0) is 14.3 Å². The number of carbonyl (C=O) groups is 1. The molecule has 0 spiro atoms. The molecular weight excluding hydrogens is 283 g/mol. The Bertz CT molecular complexity index is 161. The summed E-state index contributed by atoms with van der Waals surface area (Å²) in [5, 5.41) is 0. The fraction of sp³-hybridized carbons (Fsp3) is 0.900. The monoisotopic (exact) mass is 304 g/mol. The van der Waals surface area contributed by atoms with Crippen molar-refractivity contribution in [2.45, 2.75) is 42.6 Å². The van der Waals surface area contributed by atoms with Gasteiger partial charge in [0.15, 0.2) is 0 Å². The van der Waals surface area contributed by atoms with Gasteiger partial charge in [0.05, 0.1) is 0 Å². The molecule has 2 unspecified atom stereocenters. The van der Waals surface area contributed by atoms with Crippen LogP contribution in [-0.4, -0.2) is 56.6 Å². The molecular formula is C10H21InO3. The second-order valence-electron chi connectivity index (χ2n) is 3.44. The number of ether oxygens (including phenoxy) is 2. The van der Waals surface area contributed by atoms with Gasteiger partial charge in [-0.05, 0) is 0 Å². The van der Waals surface area contributed by atoms with Gasteiger partial charge in [-0.3, -0.25) is 0 Å². The standard InChI is InChI=1S/C10H19O3.In.2H/c1-5-7-9(12-3)10(13-4)8(11)6-2;;;/h9-10H,2,5-7H2,1,3-4H3;;;. The summed E-state index contributed by atoms with van der Waals surface area (Å²) in [5.41, 5.74) is 0. The van der Waals surface area contributed by atoms with Crippen LogP contribution in [0.1, 0.15) is 26.2 Å². The zero-order valence-electron chi connectivity index (χ0n) is 9.71.